The summed E-state index contributed by atoms with van der Waals surface area (Å²) in [4.78, 5) is 18.7. The van der Waals surface area contributed by atoms with E-state index in [0.717, 1.165) is 18.7 Å². The molecule has 1 aliphatic rings. The van der Waals surface area contributed by atoms with Crippen molar-refractivity contribution in [3.63, 3.8) is 0 Å². The summed E-state index contributed by atoms with van der Waals surface area (Å²) in [6.07, 6.45) is 3.73. The number of rotatable bonds is 4. The van der Waals surface area contributed by atoms with Gasteiger partial charge < -0.3 is 9.32 Å². The second kappa shape index (κ2) is 7.79. The van der Waals surface area contributed by atoms with Crippen LogP contribution >= 0.6 is 23.2 Å². The highest BCUT2D eigenvalue weighted by molar-refractivity contribution is 6.36. The Labute approximate surface area is 158 Å². The van der Waals surface area contributed by atoms with E-state index in [1.54, 1.807) is 24.4 Å². The Morgan fingerprint density at radius 2 is 2.00 bits per heavy atom. The van der Waals surface area contributed by atoms with Crippen molar-refractivity contribution in [1.29, 1.82) is 0 Å². The largest absolute Gasteiger partial charge is 0.441 e. The van der Waals surface area contributed by atoms with Gasteiger partial charge in [0.2, 0.25) is 5.91 Å². The molecule has 2 atom stereocenters. The molecule has 1 aromatic carbocycles. The first kappa shape index (κ1) is 18.3. The molecule has 1 aliphatic heterocycles. The summed E-state index contributed by atoms with van der Waals surface area (Å²) in [5.74, 6) is 2.43. The molecule has 2 aromatic rings. The number of amides is 1. The van der Waals surface area contributed by atoms with Gasteiger partial charge in [-0.2, -0.15) is 0 Å². The van der Waals surface area contributed by atoms with Gasteiger partial charge in [0.1, 0.15) is 0 Å². The first-order valence-electron chi connectivity index (χ1n) is 8.60. The molecular weight excluding hydrogens is 359 g/mol. The number of likely N-dealkylation sites (tertiary alicyclic amines) is 1. The highest BCUT2D eigenvalue weighted by Crippen LogP contribution is 2.31. The highest BCUT2D eigenvalue weighted by atomic mass is 35.5. The molecule has 2 heterocycles. The Hall–Kier alpha value is -1.52. The van der Waals surface area contributed by atoms with Crippen LogP contribution in [0.3, 0.4) is 0 Å². The molecule has 25 heavy (non-hydrogen) atoms. The van der Waals surface area contributed by atoms with Gasteiger partial charge in [0.15, 0.2) is 11.7 Å². The van der Waals surface area contributed by atoms with Crippen LogP contribution in [-0.4, -0.2) is 28.9 Å². The maximum Gasteiger partial charge on any atom is 0.223 e. The van der Waals surface area contributed by atoms with Crippen molar-refractivity contribution in [3.8, 4) is 11.3 Å². The van der Waals surface area contributed by atoms with Gasteiger partial charge in [-0.25, -0.2) is 4.98 Å². The number of piperidine rings is 1. The van der Waals surface area contributed by atoms with Crippen molar-refractivity contribution < 1.29 is 9.21 Å². The van der Waals surface area contributed by atoms with Crippen LogP contribution in [0.1, 0.15) is 32.6 Å². The Bertz CT molecular complexity index is 750. The molecule has 0 N–H and O–H groups in total. The standard InChI is InChI=1S/C19H22Cl2N2O2/c1-12-7-13(2)11-23(10-12)19(24)6-5-18-22-9-17(25-18)15-4-3-14(20)8-16(15)21/h3-4,8-9,12-13H,5-7,10-11H2,1-2H3/t12-,13-/m1/s1. The van der Waals surface area contributed by atoms with E-state index < -0.39 is 0 Å². The van der Waals surface area contributed by atoms with Gasteiger partial charge in [-0.1, -0.05) is 37.0 Å². The van der Waals surface area contributed by atoms with Crippen molar-refractivity contribution >= 4 is 29.1 Å². The Morgan fingerprint density at radius 3 is 2.68 bits per heavy atom. The molecule has 1 saturated heterocycles. The minimum absolute atomic E-state index is 0.169. The smallest absolute Gasteiger partial charge is 0.223 e. The van der Waals surface area contributed by atoms with Crippen molar-refractivity contribution in [2.24, 2.45) is 11.8 Å². The van der Waals surface area contributed by atoms with Gasteiger partial charge in [0.25, 0.3) is 0 Å². The van der Waals surface area contributed by atoms with Gasteiger partial charge >= 0.3 is 0 Å². The third-order valence-corrected chi connectivity index (χ3v) is 5.07. The quantitative estimate of drug-likeness (QED) is 0.742. The summed E-state index contributed by atoms with van der Waals surface area (Å²) in [5, 5.41) is 1.09. The molecule has 1 aromatic heterocycles. The zero-order chi connectivity index (χ0) is 18.0. The van der Waals surface area contributed by atoms with E-state index in [2.05, 4.69) is 18.8 Å². The van der Waals surface area contributed by atoms with Crippen LogP contribution in [0.5, 0.6) is 0 Å². The first-order chi connectivity index (χ1) is 11.9. The van der Waals surface area contributed by atoms with Crippen LogP contribution < -0.4 is 0 Å². The van der Waals surface area contributed by atoms with E-state index in [0.29, 0.717) is 46.4 Å². The topological polar surface area (TPSA) is 46.3 Å². The molecule has 0 radical (unpaired) electrons. The summed E-state index contributed by atoms with van der Waals surface area (Å²) < 4.78 is 5.76. The number of nitrogens with zero attached hydrogens (tertiary/aromatic N) is 2. The maximum atomic E-state index is 12.5. The predicted octanol–water partition coefficient (Wildman–Crippen LogP) is 5.09. The van der Waals surface area contributed by atoms with Crippen LogP contribution in [0.15, 0.2) is 28.8 Å². The number of aromatic nitrogens is 1. The van der Waals surface area contributed by atoms with Gasteiger partial charge in [0, 0.05) is 36.5 Å². The van der Waals surface area contributed by atoms with Crippen molar-refractivity contribution in [2.75, 3.05) is 13.1 Å². The molecule has 1 amide bonds. The average Bonchev–Trinajstić information content (AvgIpc) is 3.00. The summed E-state index contributed by atoms with van der Waals surface area (Å²) in [5.41, 5.74) is 0.745. The molecule has 3 rings (SSSR count). The molecule has 0 spiro atoms. The fourth-order valence-electron chi connectivity index (χ4n) is 3.48. The Balaban J connectivity index is 1.61. The lowest BCUT2D eigenvalue weighted by Gasteiger charge is -2.35. The second-order valence-electron chi connectivity index (χ2n) is 6.99. The van der Waals surface area contributed by atoms with Crippen LogP contribution in [-0.2, 0) is 11.2 Å². The van der Waals surface area contributed by atoms with Crippen LogP contribution in [0.2, 0.25) is 10.0 Å². The van der Waals surface area contributed by atoms with E-state index in [1.807, 2.05) is 4.90 Å². The van der Waals surface area contributed by atoms with Crippen molar-refractivity contribution in [2.45, 2.75) is 33.1 Å². The van der Waals surface area contributed by atoms with Gasteiger partial charge in [-0.3, -0.25) is 4.79 Å². The normalized spacial score (nSPS) is 20.7. The lowest BCUT2D eigenvalue weighted by molar-refractivity contribution is -0.133. The van der Waals surface area contributed by atoms with Gasteiger partial charge in [-0.05, 0) is 36.5 Å². The summed E-state index contributed by atoms with van der Waals surface area (Å²) in [6, 6.07) is 5.23. The van der Waals surface area contributed by atoms with Gasteiger partial charge in [0.05, 0.1) is 11.2 Å². The number of benzene rings is 1. The molecule has 0 bridgehead atoms. The second-order valence-corrected chi connectivity index (χ2v) is 7.83. The molecule has 1 fully saturated rings. The fraction of sp³-hybridized carbons (Fsp3) is 0.474. The van der Waals surface area contributed by atoms with E-state index in [9.17, 15) is 4.79 Å². The number of hydrogen-bond acceptors (Lipinski definition) is 3. The van der Waals surface area contributed by atoms with Gasteiger partial charge in [-0.15, -0.1) is 0 Å². The molecule has 0 saturated carbocycles. The van der Waals surface area contributed by atoms with E-state index >= 15 is 0 Å². The Kier molecular flexibility index (Phi) is 5.70. The lowest BCUT2D eigenvalue weighted by Crippen LogP contribution is -2.42. The third kappa shape index (κ3) is 4.56. The van der Waals surface area contributed by atoms with E-state index in [4.69, 9.17) is 27.6 Å². The van der Waals surface area contributed by atoms with Crippen LogP contribution in [0, 0.1) is 11.8 Å². The van der Waals surface area contributed by atoms with E-state index in [1.165, 1.54) is 6.42 Å². The average molecular weight is 381 g/mol. The maximum absolute atomic E-state index is 12.5. The first-order valence-corrected chi connectivity index (χ1v) is 9.36. The number of halogens is 2. The summed E-state index contributed by atoms with van der Waals surface area (Å²) in [6.45, 7) is 6.10. The zero-order valence-corrected chi connectivity index (χ0v) is 16.0. The minimum Gasteiger partial charge on any atom is -0.441 e. The molecule has 4 nitrogen and oxygen atoms in total. The third-order valence-electron chi connectivity index (χ3n) is 4.52. The summed E-state index contributed by atoms with van der Waals surface area (Å²) in [7, 11) is 0. The van der Waals surface area contributed by atoms with Crippen LogP contribution in [0.25, 0.3) is 11.3 Å². The molecule has 6 heteroatoms. The minimum atomic E-state index is 0.169. The van der Waals surface area contributed by atoms with Crippen molar-refractivity contribution in [3.05, 3.63) is 40.3 Å². The molecular formula is C19H22Cl2N2O2. The molecule has 0 aliphatic carbocycles. The summed E-state index contributed by atoms with van der Waals surface area (Å²) >= 11 is 12.1. The van der Waals surface area contributed by atoms with E-state index in [-0.39, 0.29) is 5.91 Å². The Morgan fingerprint density at radius 1 is 1.28 bits per heavy atom. The SMILES string of the molecule is C[C@@H]1C[C@@H](C)CN(C(=O)CCc2ncc(-c3ccc(Cl)cc3Cl)o2)C1. The monoisotopic (exact) mass is 380 g/mol. The number of hydrogen-bond donors (Lipinski definition) is 0. The number of carbonyl (C=O) groups excluding carboxylic acids is 1. The molecule has 134 valence electrons. The zero-order valence-electron chi connectivity index (χ0n) is 14.5. The fourth-order valence-corrected chi connectivity index (χ4v) is 3.98. The highest BCUT2D eigenvalue weighted by Gasteiger charge is 2.25. The van der Waals surface area contributed by atoms with Crippen molar-refractivity contribution in [1.82, 2.24) is 9.88 Å². The number of oxazole rings is 1. The van der Waals surface area contributed by atoms with Crippen LogP contribution in [0.4, 0.5) is 0 Å². The molecule has 0 unspecified atom stereocenters. The predicted molar refractivity (Wildman–Crippen MR) is 99.8 cm³/mol. The number of aryl methyl sites for hydroxylation is 1. The lowest BCUT2D eigenvalue weighted by atomic mass is 9.91. The number of carbonyl (C=O) groups is 1.